The summed E-state index contributed by atoms with van der Waals surface area (Å²) in [6.07, 6.45) is 5.35. The molecule has 0 saturated carbocycles. The number of ether oxygens (including phenoxy) is 2. The molecule has 0 bridgehead atoms. The number of anilines is 1. The maximum Gasteiger partial charge on any atom is 0.322 e. The van der Waals surface area contributed by atoms with E-state index < -0.39 is 0 Å². The van der Waals surface area contributed by atoms with Crippen LogP contribution in [0.2, 0.25) is 0 Å². The minimum Gasteiger partial charge on any atom is -0.497 e. The van der Waals surface area contributed by atoms with Crippen molar-refractivity contribution in [2.45, 2.75) is 6.54 Å². The molecule has 10 nitrogen and oxygen atoms in total. The maximum absolute atomic E-state index is 12.9. The zero-order valence-corrected chi connectivity index (χ0v) is 20.4. The third-order valence-corrected chi connectivity index (χ3v) is 6.39. The van der Waals surface area contributed by atoms with Gasteiger partial charge in [-0.1, -0.05) is 0 Å². The molecule has 0 atom stereocenters. The summed E-state index contributed by atoms with van der Waals surface area (Å²) >= 11 is 0. The van der Waals surface area contributed by atoms with Gasteiger partial charge in [-0.15, -0.1) is 0 Å². The average Bonchev–Trinajstić information content (AvgIpc) is 3.31. The molecule has 4 aromatic rings. The lowest BCUT2D eigenvalue weighted by Gasteiger charge is -2.34. The smallest absolute Gasteiger partial charge is 0.322 e. The van der Waals surface area contributed by atoms with Gasteiger partial charge in [0.05, 0.1) is 19.9 Å². The molecule has 0 unspecified atom stereocenters. The number of carbonyl (C=O) groups is 1. The van der Waals surface area contributed by atoms with Crippen molar-refractivity contribution < 1.29 is 14.3 Å². The Morgan fingerprint density at radius 2 is 1.78 bits per heavy atom. The van der Waals surface area contributed by atoms with E-state index in [-0.39, 0.29) is 6.03 Å². The highest BCUT2D eigenvalue weighted by atomic mass is 16.5. The van der Waals surface area contributed by atoms with Gasteiger partial charge in [-0.25, -0.2) is 14.8 Å². The predicted molar refractivity (Wildman–Crippen MR) is 137 cm³/mol. The second-order valence-electron chi connectivity index (χ2n) is 8.49. The lowest BCUT2D eigenvalue weighted by Crippen LogP contribution is -2.50. The average molecular weight is 488 g/mol. The number of imidazole rings is 1. The van der Waals surface area contributed by atoms with Crippen LogP contribution >= 0.6 is 0 Å². The number of carbonyl (C=O) groups excluding carboxylic acids is 1. The summed E-state index contributed by atoms with van der Waals surface area (Å²) in [4.78, 5) is 30.6. The molecule has 36 heavy (non-hydrogen) atoms. The number of urea groups is 1. The van der Waals surface area contributed by atoms with Crippen LogP contribution in [0.5, 0.6) is 11.5 Å². The van der Waals surface area contributed by atoms with E-state index in [1.807, 2.05) is 29.2 Å². The maximum atomic E-state index is 12.9. The van der Waals surface area contributed by atoms with Gasteiger partial charge in [0, 0.05) is 69.5 Å². The van der Waals surface area contributed by atoms with Crippen LogP contribution in [-0.4, -0.2) is 82.3 Å². The van der Waals surface area contributed by atoms with Crippen LogP contribution < -0.4 is 14.8 Å². The molecule has 10 heteroatoms. The number of methoxy groups -OCH3 is 2. The number of benzene rings is 1. The Balaban J connectivity index is 1.22. The van der Waals surface area contributed by atoms with Gasteiger partial charge in [0.25, 0.3) is 0 Å². The number of nitrogens with zero attached hydrogens (tertiary/aromatic N) is 6. The molecule has 1 saturated heterocycles. The fourth-order valence-electron chi connectivity index (χ4n) is 4.41. The number of hydrogen-bond acceptors (Lipinski definition) is 7. The Bertz CT molecular complexity index is 1330. The van der Waals surface area contributed by atoms with E-state index in [9.17, 15) is 4.79 Å². The second kappa shape index (κ2) is 10.6. The van der Waals surface area contributed by atoms with Crippen molar-refractivity contribution in [2.24, 2.45) is 0 Å². The molecule has 0 radical (unpaired) electrons. The minimum atomic E-state index is -0.147. The van der Waals surface area contributed by atoms with Crippen LogP contribution in [0.4, 0.5) is 10.5 Å². The van der Waals surface area contributed by atoms with Crippen LogP contribution in [0.3, 0.4) is 0 Å². The number of piperazine rings is 1. The van der Waals surface area contributed by atoms with E-state index >= 15 is 0 Å². The summed E-state index contributed by atoms with van der Waals surface area (Å²) in [6, 6.07) is 13.0. The molecule has 2 amide bonds. The van der Waals surface area contributed by atoms with Crippen molar-refractivity contribution >= 4 is 22.9 Å². The lowest BCUT2D eigenvalue weighted by atomic mass is 10.2. The van der Waals surface area contributed by atoms with E-state index in [0.29, 0.717) is 30.3 Å². The monoisotopic (exact) mass is 487 g/mol. The number of pyridine rings is 2. The van der Waals surface area contributed by atoms with Crippen molar-refractivity contribution in [1.29, 1.82) is 0 Å². The molecule has 5 rings (SSSR count). The Morgan fingerprint density at radius 1 is 0.972 bits per heavy atom. The molecule has 1 N–H and O–H groups in total. The van der Waals surface area contributed by atoms with Crippen molar-refractivity contribution in [3.05, 3.63) is 61.1 Å². The van der Waals surface area contributed by atoms with Gasteiger partial charge in [0.2, 0.25) is 0 Å². The molecular formula is C26H29N7O3. The van der Waals surface area contributed by atoms with E-state index in [2.05, 4.69) is 24.8 Å². The van der Waals surface area contributed by atoms with Crippen molar-refractivity contribution in [1.82, 2.24) is 29.3 Å². The van der Waals surface area contributed by atoms with E-state index in [1.165, 1.54) is 0 Å². The van der Waals surface area contributed by atoms with Crippen LogP contribution in [0.1, 0.15) is 0 Å². The highest BCUT2D eigenvalue weighted by Crippen LogP contribution is 2.29. The van der Waals surface area contributed by atoms with Gasteiger partial charge in [-0.2, -0.15) is 0 Å². The quantitative estimate of drug-likeness (QED) is 0.427. The zero-order valence-electron chi connectivity index (χ0n) is 20.4. The third kappa shape index (κ3) is 4.94. The largest absolute Gasteiger partial charge is 0.497 e. The van der Waals surface area contributed by atoms with Crippen LogP contribution in [0.15, 0.2) is 61.1 Å². The number of rotatable bonds is 7. The van der Waals surface area contributed by atoms with Crippen molar-refractivity contribution in [2.75, 3.05) is 52.3 Å². The topological polar surface area (TPSA) is 97.6 Å². The Hall–Kier alpha value is -4.18. The molecule has 0 aliphatic carbocycles. The molecule has 4 heterocycles. The standard InChI is InChI=1S/C26H29N7O3/c1-35-20-5-6-23(36-2)22(18-20)30-26(34)32-15-12-31(13-16-32)14-17-33-24(19-7-10-27-11-8-19)29-21-4-3-9-28-25(21)33/h3-11,18H,12-17H2,1-2H3,(H,30,34). The van der Waals surface area contributed by atoms with Gasteiger partial charge in [-0.05, 0) is 36.4 Å². The van der Waals surface area contributed by atoms with E-state index in [1.54, 1.807) is 51.0 Å². The van der Waals surface area contributed by atoms with Gasteiger partial charge < -0.3 is 24.3 Å². The molecule has 0 spiro atoms. The molecule has 3 aromatic heterocycles. The number of aromatic nitrogens is 4. The fraction of sp³-hybridized carbons (Fsp3) is 0.308. The van der Waals surface area contributed by atoms with E-state index in [4.69, 9.17) is 14.5 Å². The summed E-state index contributed by atoms with van der Waals surface area (Å²) in [7, 11) is 3.17. The minimum absolute atomic E-state index is 0.147. The zero-order chi connectivity index (χ0) is 24.9. The summed E-state index contributed by atoms with van der Waals surface area (Å²) in [5.41, 5.74) is 3.35. The highest BCUT2D eigenvalue weighted by molar-refractivity contribution is 5.91. The van der Waals surface area contributed by atoms with Gasteiger partial charge in [0.1, 0.15) is 22.8 Å². The first kappa shape index (κ1) is 23.6. The number of fused-ring (bicyclic) bond motifs is 1. The van der Waals surface area contributed by atoms with Crippen LogP contribution in [0, 0.1) is 0 Å². The van der Waals surface area contributed by atoms with Crippen molar-refractivity contribution in [3.8, 4) is 22.9 Å². The van der Waals surface area contributed by atoms with Gasteiger partial charge in [-0.3, -0.25) is 9.88 Å². The Labute approximate surface area is 209 Å². The second-order valence-corrected chi connectivity index (χ2v) is 8.49. The molecule has 186 valence electrons. The van der Waals surface area contributed by atoms with Crippen LogP contribution in [0.25, 0.3) is 22.6 Å². The number of amides is 2. The van der Waals surface area contributed by atoms with E-state index in [0.717, 1.165) is 48.7 Å². The fourth-order valence-corrected chi connectivity index (χ4v) is 4.41. The van der Waals surface area contributed by atoms with Gasteiger partial charge >= 0.3 is 6.03 Å². The van der Waals surface area contributed by atoms with Crippen molar-refractivity contribution in [3.63, 3.8) is 0 Å². The number of nitrogens with one attached hydrogen (secondary N) is 1. The highest BCUT2D eigenvalue weighted by Gasteiger charge is 2.23. The first-order valence-electron chi connectivity index (χ1n) is 11.9. The molecule has 1 fully saturated rings. The Morgan fingerprint density at radius 3 is 2.53 bits per heavy atom. The summed E-state index contributed by atoms with van der Waals surface area (Å²) in [5, 5.41) is 2.96. The molecule has 1 aliphatic rings. The SMILES string of the molecule is COc1ccc(OC)c(NC(=O)N2CCN(CCn3c(-c4ccncc4)nc4cccnc43)CC2)c1. The first-order chi connectivity index (χ1) is 17.7. The summed E-state index contributed by atoms with van der Waals surface area (Å²) in [6.45, 7) is 4.43. The lowest BCUT2D eigenvalue weighted by molar-refractivity contribution is 0.144. The first-order valence-corrected chi connectivity index (χ1v) is 11.9. The number of hydrogen-bond donors (Lipinski definition) is 1. The van der Waals surface area contributed by atoms with Crippen LogP contribution in [-0.2, 0) is 6.54 Å². The molecule has 1 aliphatic heterocycles. The summed E-state index contributed by atoms with van der Waals surface area (Å²) in [5.74, 6) is 2.13. The predicted octanol–water partition coefficient (Wildman–Crippen LogP) is 3.36. The molecular weight excluding hydrogens is 458 g/mol. The molecule has 1 aromatic carbocycles. The summed E-state index contributed by atoms with van der Waals surface area (Å²) < 4.78 is 12.8. The Kier molecular flexibility index (Phi) is 6.94. The normalized spacial score (nSPS) is 14.1. The third-order valence-electron chi connectivity index (χ3n) is 6.39. The van der Waals surface area contributed by atoms with Gasteiger partial charge in [0.15, 0.2) is 5.65 Å².